The van der Waals surface area contributed by atoms with Crippen LogP contribution in [-0.4, -0.2) is 26.8 Å². The summed E-state index contributed by atoms with van der Waals surface area (Å²) in [5.74, 6) is -1.20. The van der Waals surface area contributed by atoms with Crippen LogP contribution in [0.25, 0.3) is 11.0 Å². The van der Waals surface area contributed by atoms with Gasteiger partial charge in [0.15, 0.2) is 0 Å². The highest BCUT2D eigenvalue weighted by atomic mass is 16.2. The molecular weight excluding hydrogens is 282 g/mol. The summed E-state index contributed by atoms with van der Waals surface area (Å²) < 4.78 is 0. The second-order valence-electron chi connectivity index (χ2n) is 4.76. The van der Waals surface area contributed by atoms with Gasteiger partial charge in [-0.2, -0.15) is 0 Å². The van der Waals surface area contributed by atoms with E-state index in [1.54, 1.807) is 42.9 Å². The molecular formula is C15H13N5O2. The lowest BCUT2D eigenvalue weighted by molar-refractivity contribution is -0.133. The number of anilines is 2. The number of pyridine rings is 1. The molecule has 7 heteroatoms. The number of nitrogens with zero attached hydrogens (tertiary/aromatic N) is 2. The number of aromatic amines is 1. The van der Waals surface area contributed by atoms with Crippen molar-refractivity contribution in [3.63, 3.8) is 0 Å². The Morgan fingerprint density at radius 3 is 2.68 bits per heavy atom. The number of hydrogen-bond acceptors (Lipinski definition) is 4. The molecule has 0 bridgehead atoms. The first-order valence-corrected chi connectivity index (χ1v) is 6.60. The summed E-state index contributed by atoms with van der Waals surface area (Å²) in [5.41, 5.74) is 3.01. The number of H-pyrrole nitrogens is 1. The van der Waals surface area contributed by atoms with E-state index in [4.69, 9.17) is 0 Å². The highest BCUT2D eigenvalue weighted by Crippen LogP contribution is 2.15. The average Bonchev–Trinajstić information content (AvgIpc) is 2.94. The zero-order chi connectivity index (χ0) is 15.5. The monoisotopic (exact) mass is 295 g/mol. The van der Waals surface area contributed by atoms with Crippen molar-refractivity contribution in [3.05, 3.63) is 48.4 Å². The minimum absolute atomic E-state index is 0.337. The van der Waals surface area contributed by atoms with E-state index in [0.29, 0.717) is 11.5 Å². The molecule has 2 aromatic heterocycles. The fraction of sp³-hybridized carbons (Fsp3) is 0.0667. The molecule has 0 aliphatic carbocycles. The third kappa shape index (κ3) is 2.93. The number of nitrogens with one attached hydrogen (secondary N) is 3. The van der Waals surface area contributed by atoms with Gasteiger partial charge in [-0.15, -0.1) is 0 Å². The molecule has 0 spiro atoms. The molecule has 3 rings (SSSR count). The van der Waals surface area contributed by atoms with Gasteiger partial charge >= 0.3 is 11.8 Å². The minimum Gasteiger partial charge on any atom is -0.345 e. The number of amides is 2. The molecule has 3 aromatic rings. The number of hydrogen-bond donors (Lipinski definition) is 3. The molecule has 0 saturated carbocycles. The molecule has 0 unspecified atom stereocenters. The largest absolute Gasteiger partial charge is 0.345 e. The van der Waals surface area contributed by atoms with Gasteiger partial charge in [0.25, 0.3) is 0 Å². The van der Waals surface area contributed by atoms with Crippen LogP contribution in [0.4, 0.5) is 11.5 Å². The number of carbonyl (C=O) groups excluding carboxylic acids is 2. The average molecular weight is 295 g/mol. The van der Waals surface area contributed by atoms with Crippen LogP contribution in [-0.2, 0) is 9.59 Å². The van der Waals surface area contributed by atoms with E-state index < -0.39 is 11.8 Å². The molecule has 0 atom stereocenters. The topological polar surface area (TPSA) is 99.8 Å². The van der Waals surface area contributed by atoms with Crippen LogP contribution < -0.4 is 10.6 Å². The smallest absolute Gasteiger partial charge is 0.315 e. The zero-order valence-corrected chi connectivity index (χ0v) is 11.8. The zero-order valence-electron chi connectivity index (χ0n) is 11.8. The summed E-state index contributed by atoms with van der Waals surface area (Å²) >= 11 is 0. The second-order valence-corrected chi connectivity index (χ2v) is 4.76. The van der Waals surface area contributed by atoms with E-state index in [2.05, 4.69) is 25.6 Å². The maximum Gasteiger partial charge on any atom is 0.315 e. The van der Waals surface area contributed by atoms with Gasteiger partial charge in [-0.3, -0.25) is 9.59 Å². The van der Waals surface area contributed by atoms with Gasteiger partial charge in [0.2, 0.25) is 0 Å². The van der Waals surface area contributed by atoms with Gasteiger partial charge in [0.05, 0.1) is 17.4 Å². The van der Waals surface area contributed by atoms with Crippen molar-refractivity contribution < 1.29 is 9.59 Å². The predicted molar refractivity (Wildman–Crippen MR) is 82.3 cm³/mol. The molecule has 110 valence electrons. The highest BCUT2D eigenvalue weighted by molar-refractivity contribution is 6.43. The van der Waals surface area contributed by atoms with E-state index in [1.807, 2.05) is 6.92 Å². The third-order valence-electron chi connectivity index (χ3n) is 3.04. The lowest BCUT2D eigenvalue weighted by Gasteiger charge is -2.06. The van der Waals surface area contributed by atoms with Crippen molar-refractivity contribution in [1.29, 1.82) is 0 Å². The highest BCUT2D eigenvalue weighted by Gasteiger charge is 2.15. The molecule has 2 heterocycles. The first kappa shape index (κ1) is 13.7. The minimum atomic E-state index is -0.775. The number of aromatic nitrogens is 3. The Balaban J connectivity index is 1.69. The van der Waals surface area contributed by atoms with Crippen LogP contribution in [0.1, 0.15) is 5.56 Å². The Labute approximate surface area is 125 Å². The van der Waals surface area contributed by atoms with Crippen LogP contribution in [0.5, 0.6) is 0 Å². The second kappa shape index (κ2) is 5.65. The number of aryl methyl sites for hydroxylation is 1. The number of rotatable bonds is 2. The van der Waals surface area contributed by atoms with E-state index in [1.165, 1.54) is 0 Å². The van der Waals surface area contributed by atoms with Crippen LogP contribution in [0.3, 0.4) is 0 Å². The van der Waals surface area contributed by atoms with E-state index >= 15 is 0 Å². The molecule has 0 fully saturated rings. The molecule has 1 aromatic carbocycles. The quantitative estimate of drug-likeness (QED) is 0.628. The molecule has 0 radical (unpaired) electrons. The molecule has 2 amide bonds. The number of fused-ring (bicyclic) bond motifs is 1. The Bertz CT molecular complexity index is 856. The van der Waals surface area contributed by atoms with Gasteiger partial charge in [-0.25, -0.2) is 9.97 Å². The lowest BCUT2D eigenvalue weighted by atomic mass is 10.2. The molecule has 0 aliphatic heterocycles. The number of benzene rings is 1. The van der Waals surface area contributed by atoms with Crippen molar-refractivity contribution in [2.75, 3.05) is 10.6 Å². The Morgan fingerprint density at radius 1 is 1.05 bits per heavy atom. The summed E-state index contributed by atoms with van der Waals surface area (Å²) in [6.45, 7) is 1.87. The summed E-state index contributed by atoms with van der Waals surface area (Å²) in [5, 5.41) is 4.98. The number of imidazole rings is 1. The maximum atomic E-state index is 11.9. The summed E-state index contributed by atoms with van der Waals surface area (Å²) in [6, 6.07) is 8.62. The van der Waals surface area contributed by atoms with Gasteiger partial charge < -0.3 is 15.6 Å². The summed E-state index contributed by atoms with van der Waals surface area (Å²) in [4.78, 5) is 34.8. The lowest BCUT2D eigenvalue weighted by Crippen LogP contribution is -2.29. The van der Waals surface area contributed by atoms with Crippen molar-refractivity contribution in [1.82, 2.24) is 15.0 Å². The van der Waals surface area contributed by atoms with Gasteiger partial charge in [-0.1, -0.05) is 0 Å². The van der Waals surface area contributed by atoms with Crippen LogP contribution in [0.2, 0.25) is 0 Å². The molecule has 22 heavy (non-hydrogen) atoms. The van der Waals surface area contributed by atoms with Gasteiger partial charge in [0, 0.05) is 11.9 Å². The SMILES string of the molecule is Cc1ccnc(NC(=O)C(=O)Nc2ccc3nc[nH]c3c2)c1. The van der Waals surface area contributed by atoms with Crippen LogP contribution in [0, 0.1) is 6.92 Å². The van der Waals surface area contributed by atoms with E-state index in [0.717, 1.165) is 16.6 Å². The first-order valence-electron chi connectivity index (χ1n) is 6.60. The van der Waals surface area contributed by atoms with Gasteiger partial charge in [0.1, 0.15) is 5.82 Å². The summed E-state index contributed by atoms with van der Waals surface area (Å²) in [6.07, 6.45) is 3.13. The van der Waals surface area contributed by atoms with Gasteiger partial charge in [-0.05, 0) is 42.8 Å². The molecule has 7 nitrogen and oxygen atoms in total. The van der Waals surface area contributed by atoms with Crippen LogP contribution >= 0.6 is 0 Å². The fourth-order valence-electron chi connectivity index (χ4n) is 1.98. The summed E-state index contributed by atoms with van der Waals surface area (Å²) in [7, 11) is 0. The first-order chi connectivity index (χ1) is 10.6. The Morgan fingerprint density at radius 2 is 1.86 bits per heavy atom. The fourth-order valence-corrected chi connectivity index (χ4v) is 1.98. The Kier molecular flexibility index (Phi) is 3.53. The predicted octanol–water partition coefficient (Wildman–Crippen LogP) is 1.84. The van der Waals surface area contributed by atoms with Crippen LogP contribution in [0.15, 0.2) is 42.9 Å². The maximum absolute atomic E-state index is 11.9. The van der Waals surface area contributed by atoms with E-state index in [-0.39, 0.29) is 0 Å². The number of carbonyl (C=O) groups is 2. The van der Waals surface area contributed by atoms with Crippen molar-refractivity contribution in [2.45, 2.75) is 6.92 Å². The van der Waals surface area contributed by atoms with Crippen molar-refractivity contribution in [2.24, 2.45) is 0 Å². The molecule has 0 saturated heterocycles. The molecule has 0 aliphatic rings. The van der Waals surface area contributed by atoms with Crippen molar-refractivity contribution >= 4 is 34.4 Å². The van der Waals surface area contributed by atoms with Crippen molar-refractivity contribution in [3.8, 4) is 0 Å². The third-order valence-corrected chi connectivity index (χ3v) is 3.04. The Hall–Kier alpha value is -3.22. The molecule has 3 N–H and O–H groups in total. The van der Waals surface area contributed by atoms with E-state index in [9.17, 15) is 9.59 Å². The standard InChI is InChI=1S/C15H13N5O2/c1-9-4-5-16-13(6-9)20-15(22)14(21)19-10-2-3-11-12(7-10)18-8-17-11/h2-8H,1H3,(H,17,18)(H,19,21)(H,16,20,22). The normalized spacial score (nSPS) is 10.4.